The summed E-state index contributed by atoms with van der Waals surface area (Å²) in [6.07, 6.45) is 1.95. The van der Waals surface area contributed by atoms with E-state index in [1.807, 2.05) is 31.2 Å². The Morgan fingerprint density at radius 3 is 2.32 bits per heavy atom. The van der Waals surface area contributed by atoms with Crippen LogP contribution >= 0.6 is 23.2 Å². The number of amides is 2. The van der Waals surface area contributed by atoms with Crippen LogP contribution in [-0.4, -0.2) is 11.8 Å². The molecule has 0 saturated heterocycles. The van der Waals surface area contributed by atoms with Crippen molar-refractivity contribution < 1.29 is 9.59 Å². The van der Waals surface area contributed by atoms with E-state index in [0.29, 0.717) is 15.6 Å². The van der Waals surface area contributed by atoms with Crippen LogP contribution in [0.3, 0.4) is 0 Å². The second-order valence-electron chi connectivity index (χ2n) is 6.21. The lowest BCUT2D eigenvalue weighted by Gasteiger charge is -2.15. The van der Waals surface area contributed by atoms with E-state index < -0.39 is 0 Å². The van der Waals surface area contributed by atoms with Gasteiger partial charge in [-0.3, -0.25) is 9.59 Å². The third-order valence-electron chi connectivity index (χ3n) is 4.16. The van der Waals surface area contributed by atoms with Gasteiger partial charge in [0, 0.05) is 17.2 Å². The SMILES string of the molecule is CC(NC(=O)c1ccc(Cl)c(Cl)c1)c1ccc(NC(=O)C2CC2)cc1. The average molecular weight is 377 g/mol. The van der Waals surface area contributed by atoms with Gasteiger partial charge in [0.15, 0.2) is 0 Å². The van der Waals surface area contributed by atoms with Crippen molar-refractivity contribution in [2.75, 3.05) is 5.32 Å². The van der Waals surface area contributed by atoms with Crippen molar-refractivity contribution >= 4 is 40.7 Å². The smallest absolute Gasteiger partial charge is 0.251 e. The first-order chi connectivity index (χ1) is 11.9. The molecule has 2 aromatic carbocycles. The molecule has 0 aromatic heterocycles. The highest BCUT2D eigenvalue weighted by molar-refractivity contribution is 6.42. The molecule has 1 fully saturated rings. The van der Waals surface area contributed by atoms with Crippen LogP contribution in [0.2, 0.25) is 10.0 Å². The monoisotopic (exact) mass is 376 g/mol. The van der Waals surface area contributed by atoms with E-state index in [9.17, 15) is 9.59 Å². The van der Waals surface area contributed by atoms with Gasteiger partial charge in [-0.25, -0.2) is 0 Å². The minimum atomic E-state index is -0.225. The molecule has 130 valence electrons. The van der Waals surface area contributed by atoms with Gasteiger partial charge >= 0.3 is 0 Å². The fourth-order valence-electron chi connectivity index (χ4n) is 2.45. The highest BCUT2D eigenvalue weighted by atomic mass is 35.5. The van der Waals surface area contributed by atoms with Crippen LogP contribution in [-0.2, 0) is 4.79 Å². The van der Waals surface area contributed by atoms with Crippen molar-refractivity contribution in [2.45, 2.75) is 25.8 Å². The van der Waals surface area contributed by atoms with Gasteiger partial charge in [0.25, 0.3) is 5.91 Å². The Morgan fingerprint density at radius 2 is 1.72 bits per heavy atom. The molecule has 2 aromatic rings. The molecule has 0 heterocycles. The molecule has 6 heteroatoms. The van der Waals surface area contributed by atoms with Crippen molar-refractivity contribution in [1.29, 1.82) is 0 Å². The van der Waals surface area contributed by atoms with E-state index in [2.05, 4.69) is 10.6 Å². The van der Waals surface area contributed by atoms with Crippen molar-refractivity contribution in [1.82, 2.24) is 5.32 Å². The number of nitrogens with one attached hydrogen (secondary N) is 2. The first kappa shape index (κ1) is 17.8. The number of hydrogen-bond donors (Lipinski definition) is 2. The quantitative estimate of drug-likeness (QED) is 0.784. The number of hydrogen-bond acceptors (Lipinski definition) is 2. The Hall–Kier alpha value is -2.04. The number of halogens is 2. The Labute approximate surface area is 156 Å². The summed E-state index contributed by atoms with van der Waals surface area (Å²) in [5.41, 5.74) is 2.16. The van der Waals surface area contributed by atoms with Gasteiger partial charge in [-0.05, 0) is 55.7 Å². The van der Waals surface area contributed by atoms with E-state index in [1.54, 1.807) is 18.2 Å². The van der Waals surface area contributed by atoms with Gasteiger partial charge in [0.2, 0.25) is 5.91 Å². The molecule has 2 amide bonds. The maximum atomic E-state index is 12.3. The lowest BCUT2D eigenvalue weighted by atomic mass is 10.1. The molecule has 25 heavy (non-hydrogen) atoms. The van der Waals surface area contributed by atoms with E-state index in [0.717, 1.165) is 24.1 Å². The second kappa shape index (κ2) is 7.46. The molecule has 1 aliphatic carbocycles. The van der Waals surface area contributed by atoms with Crippen LogP contribution in [0, 0.1) is 5.92 Å². The van der Waals surface area contributed by atoms with Crippen LogP contribution < -0.4 is 10.6 Å². The zero-order chi connectivity index (χ0) is 18.0. The number of rotatable bonds is 5. The molecular weight excluding hydrogens is 359 g/mol. The third-order valence-corrected chi connectivity index (χ3v) is 4.89. The summed E-state index contributed by atoms with van der Waals surface area (Å²) in [6, 6.07) is 12.1. The van der Waals surface area contributed by atoms with E-state index in [4.69, 9.17) is 23.2 Å². The molecular formula is C19H18Cl2N2O2. The first-order valence-electron chi connectivity index (χ1n) is 8.11. The van der Waals surface area contributed by atoms with Gasteiger partial charge in [-0.15, -0.1) is 0 Å². The fourth-order valence-corrected chi connectivity index (χ4v) is 2.74. The minimum absolute atomic E-state index is 0.0775. The zero-order valence-electron chi connectivity index (χ0n) is 13.7. The van der Waals surface area contributed by atoms with Crippen LogP contribution in [0.15, 0.2) is 42.5 Å². The molecule has 1 aliphatic rings. The van der Waals surface area contributed by atoms with Crippen LogP contribution in [0.5, 0.6) is 0 Å². The van der Waals surface area contributed by atoms with E-state index in [-0.39, 0.29) is 23.8 Å². The summed E-state index contributed by atoms with van der Waals surface area (Å²) in [5, 5.41) is 6.57. The lowest BCUT2D eigenvalue weighted by molar-refractivity contribution is -0.117. The van der Waals surface area contributed by atoms with Gasteiger partial charge in [0.05, 0.1) is 16.1 Å². The first-order valence-corrected chi connectivity index (χ1v) is 8.86. The Kier molecular flexibility index (Phi) is 5.30. The van der Waals surface area contributed by atoms with Crippen molar-refractivity contribution in [3.05, 3.63) is 63.6 Å². The molecule has 0 aliphatic heterocycles. The number of carbonyl (C=O) groups is 2. The predicted octanol–water partition coefficient (Wildman–Crippen LogP) is 4.83. The molecule has 0 bridgehead atoms. The number of carbonyl (C=O) groups excluding carboxylic acids is 2. The lowest BCUT2D eigenvalue weighted by Crippen LogP contribution is -2.26. The van der Waals surface area contributed by atoms with E-state index in [1.165, 1.54) is 0 Å². The molecule has 4 nitrogen and oxygen atoms in total. The molecule has 1 atom stereocenters. The second-order valence-corrected chi connectivity index (χ2v) is 7.02. The summed E-state index contributed by atoms with van der Waals surface area (Å²) < 4.78 is 0. The molecule has 0 radical (unpaired) electrons. The Balaban J connectivity index is 1.61. The van der Waals surface area contributed by atoms with Gasteiger partial charge in [-0.2, -0.15) is 0 Å². The number of anilines is 1. The summed E-state index contributed by atoms with van der Waals surface area (Å²) in [6.45, 7) is 1.90. The highest BCUT2D eigenvalue weighted by Gasteiger charge is 2.29. The number of benzene rings is 2. The summed E-state index contributed by atoms with van der Waals surface area (Å²) in [4.78, 5) is 24.1. The molecule has 1 unspecified atom stereocenters. The minimum Gasteiger partial charge on any atom is -0.346 e. The zero-order valence-corrected chi connectivity index (χ0v) is 15.2. The summed E-state index contributed by atoms with van der Waals surface area (Å²) >= 11 is 11.8. The largest absolute Gasteiger partial charge is 0.346 e. The van der Waals surface area contributed by atoms with E-state index >= 15 is 0 Å². The maximum absolute atomic E-state index is 12.3. The fraction of sp³-hybridized carbons (Fsp3) is 0.263. The molecule has 3 rings (SSSR count). The van der Waals surface area contributed by atoms with Crippen molar-refractivity contribution in [3.63, 3.8) is 0 Å². The average Bonchev–Trinajstić information content (AvgIpc) is 3.43. The summed E-state index contributed by atoms with van der Waals surface area (Å²) in [5.74, 6) is 0.0231. The van der Waals surface area contributed by atoms with Gasteiger partial charge in [-0.1, -0.05) is 35.3 Å². The molecule has 1 saturated carbocycles. The Bertz CT molecular complexity index is 802. The van der Waals surface area contributed by atoms with Gasteiger partial charge in [0.1, 0.15) is 0 Å². The standard InChI is InChI=1S/C19H18Cl2N2O2/c1-11(22-19(25)14-6-9-16(20)17(21)10-14)12-4-7-15(8-5-12)23-18(24)13-2-3-13/h4-11,13H,2-3H2,1H3,(H,22,25)(H,23,24). The van der Waals surface area contributed by atoms with Gasteiger partial charge < -0.3 is 10.6 Å². The molecule has 2 N–H and O–H groups in total. The predicted molar refractivity (Wildman–Crippen MR) is 100 cm³/mol. The highest BCUT2D eigenvalue weighted by Crippen LogP contribution is 2.30. The normalized spacial score (nSPS) is 14.7. The van der Waals surface area contributed by atoms with Crippen LogP contribution in [0.4, 0.5) is 5.69 Å². The maximum Gasteiger partial charge on any atom is 0.251 e. The van der Waals surface area contributed by atoms with Crippen LogP contribution in [0.25, 0.3) is 0 Å². The van der Waals surface area contributed by atoms with Crippen LogP contribution in [0.1, 0.15) is 41.7 Å². The van der Waals surface area contributed by atoms with Crippen molar-refractivity contribution in [2.24, 2.45) is 5.92 Å². The Morgan fingerprint density at radius 1 is 1.04 bits per heavy atom. The molecule has 0 spiro atoms. The topological polar surface area (TPSA) is 58.2 Å². The third kappa shape index (κ3) is 4.53. The van der Waals surface area contributed by atoms with Crippen molar-refractivity contribution in [3.8, 4) is 0 Å². The summed E-state index contributed by atoms with van der Waals surface area (Å²) in [7, 11) is 0.